The van der Waals surface area contributed by atoms with Gasteiger partial charge in [-0.1, -0.05) is 44.9 Å². The van der Waals surface area contributed by atoms with Gasteiger partial charge in [0.1, 0.15) is 0 Å². The molecule has 1 spiro atoms. The van der Waals surface area contributed by atoms with E-state index in [4.69, 9.17) is 0 Å². The van der Waals surface area contributed by atoms with Gasteiger partial charge < -0.3 is 5.32 Å². The van der Waals surface area contributed by atoms with Gasteiger partial charge in [0.15, 0.2) is 0 Å². The molecule has 21 heavy (non-hydrogen) atoms. The fraction of sp³-hybridized carbons (Fsp3) is 1.00. The van der Waals surface area contributed by atoms with Crippen molar-refractivity contribution in [2.75, 3.05) is 13.1 Å². The number of nitrogens with one attached hydrogen (secondary N) is 1. The Hall–Kier alpha value is -0.0800. The minimum atomic E-state index is 0.508. The topological polar surface area (TPSA) is 15.3 Å². The average molecular weight is 290 g/mol. The Labute approximate surface area is 131 Å². The molecular formula is C19H34N2. The summed E-state index contributed by atoms with van der Waals surface area (Å²) in [6.45, 7) is 2.67. The van der Waals surface area contributed by atoms with Gasteiger partial charge >= 0.3 is 0 Å². The molecule has 3 aliphatic carbocycles. The van der Waals surface area contributed by atoms with Gasteiger partial charge in [0.25, 0.3) is 0 Å². The zero-order valence-corrected chi connectivity index (χ0v) is 13.8. The number of piperazine rings is 1. The molecule has 1 N–H and O–H groups in total. The van der Waals surface area contributed by atoms with Crippen LogP contribution in [0.5, 0.6) is 0 Å². The zero-order chi connectivity index (χ0) is 14.1. The Kier molecular flexibility index (Phi) is 4.28. The van der Waals surface area contributed by atoms with E-state index in [0.29, 0.717) is 5.54 Å². The van der Waals surface area contributed by atoms with E-state index in [1.807, 2.05) is 0 Å². The molecule has 2 nitrogen and oxygen atoms in total. The standard InChI is InChI=1S/C19H34N2/c1-2-8-16(9-3-1)18-14-20-19(12-6-7-13-19)15-21(18)17-10-4-5-11-17/h16-18,20H,1-15H2. The van der Waals surface area contributed by atoms with Gasteiger partial charge in [0, 0.05) is 30.7 Å². The molecule has 0 radical (unpaired) electrons. The van der Waals surface area contributed by atoms with Crippen LogP contribution in [0.15, 0.2) is 0 Å². The van der Waals surface area contributed by atoms with Crippen LogP contribution in [0.25, 0.3) is 0 Å². The fourth-order valence-corrected chi connectivity index (χ4v) is 5.94. The summed E-state index contributed by atoms with van der Waals surface area (Å²) in [5.74, 6) is 0.991. The molecule has 120 valence electrons. The predicted octanol–water partition coefficient (Wildman–Crippen LogP) is 4.10. The van der Waals surface area contributed by atoms with Gasteiger partial charge in [-0.05, 0) is 44.4 Å². The van der Waals surface area contributed by atoms with E-state index in [9.17, 15) is 0 Å². The first-order valence-corrected chi connectivity index (χ1v) is 9.87. The SMILES string of the molecule is C1CCC(C2CNC3(CCCC3)CN2C2CCCC2)CC1. The first-order chi connectivity index (χ1) is 10.4. The Morgan fingerprint density at radius 1 is 0.762 bits per heavy atom. The highest BCUT2D eigenvalue weighted by Crippen LogP contribution is 2.40. The molecular weight excluding hydrogens is 256 g/mol. The summed E-state index contributed by atoms with van der Waals surface area (Å²) < 4.78 is 0. The smallest absolute Gasteiger partial charge is 0.0309 e. The van der Waals surface area contributed by atoms with Crippen molar-refractivity contribution in [1.29, 1.82) is 0 Å². The van der Waals surface area contributed by atoms with Crippen LogP contribution in [0.2, 0.25) is 0 Å². The van der Waals surface area contributed by atoms with Gasteiger partial charge in [-0.2, -0.15) is 0 Å². The number of rotatable bonds is 2. The highest BCUT2D eigenvalue weighted by atomic mass is 15.3. The number of hydrogen-bond acceptors (Lipinski definition) is 2. The molecule has 0 aromatic carbocycles. The van der Waals surface area contributed by atoms with Gasteiger partial charge in [0.2, 0.25) is 0 Å². The first kappa shape index (κ1) is 14.5. The third-order valence-electron chi connectivity index (χ3n) is 7.15. The molecule has 2 heteroatoms. The van der Waals surface area contributed by atoms with E-state index in [-0.39, 0.29) is 0 Å². The van der Waals surface area contributed by atoms with Crippen LogP contribution in [0.1, 0.15) is 83.5 Å². The minimum Gasteiger partial charge on any atom is -0.308 e. The van der Waals surface area contributed by atoms with Crippen molar-refractivity contribution in [2.45, 2.75) is 101 Å². The highest BCUT2D eigenvalue weighted by Gasteiger charge is 2.45. The largest absolute Gasteiger partial charge is 0.308 e. The fourth-order valence-electron chi connectivity index (χ4n) is 5.94. The van der Waals surface area contributed by atoms with Gasteiger partial charge in [-0.15, -0.1) is 0 Å². The molecule has 1 aliphatic heterocycles. The van der Waals surface area contributed by atoms with Crippen molar-refractivity contribution in [3.05, 3.63) is 0 Å². The van der Waals surface area contributed by atoms with E-state index in [1.54, 1.807) is 0 Å². The lowest BCUT2D eigenvalue weighted by molar-refractivity contribution is 0.00783. The molecule has 0 aromatic rings. The van der Waals surface area contributed by atoms with Crippen molar-refractivity contribution in [2.24, 2.45) is 5.92 Å². The second kappa shape index (κ2) is 6.20. The number of nitrogens with zero attached hydrogens (tertiary/aromatic N) is 1. The molecule has 4 fully saturated rings. The second-order valence-corrected chi connectivity index (χ2v) is 8.44. The summed E-state index contributed by atoms with van der Waals surface area (Å²) in [5, 5.41) is 4.05. The van der Waals surface area contributed by atoms with Crippen molar-refractivity contribution in [1.82, 2.24) is 10.2 Å². The monoisotopic (exact) mass is 290 g/mol. The van der Waals surface area contributed by atoms with Gasteiger partial charge in [0.05, 0.1) is 0 Å². The summed E-state index contributed by atoms with van der Waals surface area (Å²) in [5.41, 5.74) is 0.508. The summed E-state index contributed by atoms with van der Waals surface area (Å²) >= 11 is 0. The molecule has 4 aliphatic rings. The van der Waals surface area contributed by atoms with Crippen molar-refractivity contribution < 1.29 is 0 Å². The maximum atomic E-state index is 4.05. The van der Waals surface area contributed by atoms with Crippen LogP contribution in [0.4, 0.5) is 0 Å². The summed E-state index contributed by atoms with van der Waals surface area (Å²) in [6, 6.07) is 1.79. The highest BCUT2D eigenvalue weighted by molar-refractivity contribution is 5.04. The molecule has 1 saturated heterocycles. The zero-order valence-electron chi connectivity index (χ0n) is 13.8. The lowest BCUT2D eigenvalue weighted by Gasteiger charge is -2.52. The third-order valence-corrected chi connectivity index (χ3v) is 7.15. The van der Waals surface area contributed by atoms with E-state index < -0.39 is 0 Å². The van der Waals surface area contributed by atoms with E-state index in [1.165, 1.54) is 96.6 Å². The quantitative estimate of drug-likeness (QED) is 0.824. The molecule has 0 aromatic heterocycles. The lowest BCUT2D eigenvalue weighted by atomic mass is 9.79. The van der Waals surface area contributed by atoms with Gasteiger partial charge in [-0.25, -0.2) is 0 Å². The molecule has 0 bridgehead atoms. The molecule has 4 rings (SSSR count). The molecule has 1 unspecified atom stereocenters. The second-order valence-electron chi connectivity index (χ2n) is 8.44. The van der Waals surface area contributed by atoms with Gasteiger partial charge in [-0.3, -0.25) is 4.90 Å². The molecule has 0 amide bonds. The van der Waals surface area contributed by atoms with E-state index >= 15 is 0 Å². The summed E-state index contributed by atoms with van der Waals surface area (Å²) in [7, 11) is 0. The predicted molar refractivity (Wildman–Crippen MR) is 88.5 cm³/mol. The molecule has 1 heterocycles. The number of hydrogen-bond donors (Lipinski definition) is 1. The maximum Gasteiger partial charge on any atom is 0.0309 e. The summed E-state index contributed by atoms with van der Waals surface area (Å²) in [6.07, 6.45) is 19.2. The molecule has 1 atom stereocenters. The van der Waals surface area contributed by atoms with Crippen LogP contribution >= 0.6 is 0 Å². The van der Waals surface area contributed by atoms with Crippen LogP contribution in [-0.2, 0) is 0 Å². The maximum absolute atomic E-state index is 4.05. The first-order valence-electron chi connectivity index (χ1n) is 9.87. The van der Waals surface area contributed by atoms with Crippen LogP contribution in [0.3, 0.4) is 0 Å². The Morgan fingerprint density at radius 3 is 2.14 bits per heavy atom. The van der Waals surface area contributed by atoms with Crippen molar-refractivity contribution >= 4 is 0 Å². The lowest BCUT2D eigenvalue weighted by Crippen LogP contribution is -2.66. The Morgan fingerprint density at radius 2 is 1.43 bits per heavy atom. The minimum absolute atomic E-state index is 0.508. The Bertz CT molecular complexity index is 335. The normalized spacial score (nSPS) is 35.7. The average Bonchev–Trinajstić information content (AvgIpc) is 3.20. The van der Waals surface area contributed by atoms with Crippen molar-refractivity contribution in [3.63, 3.8) is 0 Å². The van der Waals surface area contributed by atoms with Crippen molar-refractivity contribution in [3.8, 4) is 0 Å². The van der Waals surface area contributed by atoms with Crippen LogP contribution < -0.4 is 5.32 Å². The van der Waals surface area contributed by atoms with Crippen LogP contribution in [0, 0.1) is 5.92 Å². The Balaban J connectivity index is 1.51. The molecule has 3 saturated carbocycles. The van der Waals surface area contributed by atoms with E-state index in [0.717, 1.165) is 18.0 Å². The third kappa shape index (κ3) is 2.91. The van der Waals surface area contributed by atoms with E-state index in [2.05, 4.69) is 10.2 Å². The van der Waals surface area contributed by atoms with Crippen LogP contribution in [-0.4, -0.2) is 35.6 Å². The summed E-state index contributed by atoms with van der Waals surface area (Å²) in [4.78, 5) is 3.03.